The van der Waals surface area contributed by atoms with Crippen LogP contribution in [0.2, 0.25) is 0 Å². The van der Waals surface area contributed by atoms with E-state index in [9.17, 15) is 0 Å². The van der Waals surface area contributed by atoms with E-state index in [1.165, 1.54) is 25.8 Å². The molecule has 3 nitrogen and oxygen atoms in total. The molecule has 2 aliphatic rings. The number of morpholine rings is 1. The van der Waals surface area contributed by atoms with Gasteiger partial charge in [0, 0.05) is 19.6 Å². The summed E-state index contributed by atoms with van der Waals surface area (Å²) >= 11 is 0. The van der Waals surface area contributed by atoms with E-state index in [1.807, 2.05) is 0 Å². The Morgan fingerprint density at radius 3 is 3.00 bits per heavy atom. The Morgan fingerprint density at radius 1 is 1.43 bits per heavy atom. The van der Waals surface area contributed by atoms with Crippen molar-refractivity contribution < 1.29 is 4.74 Å². The Hall–Kier alpha value is -0.120. The summed E-state index contributed by atoms with van der Waals surface area (Å²) in [6.45, 7) is 5.26. The fourth-order valence-electron chi connectivity index (χ4n) is 1.97. The van der Waals surface area contributed by atoms with E-state index in [0.29, 0.717) is 6.10 Å². The second kappa shape index (κ2) is 5.10. The summed E-state index contributed by atoms with van der Waals surface area (Å²) in [5, 5.41) is 3.50. The van der Waals surface area contributed by atoms with Crippen molar-refractivity contribution in [3.8, 4) is 0 Å². The van der Waals surface area contributed by atoms with Gasteiger partial charge in [-0.25, -0.2) is 0 Å². The fourth-order valence-corrected chi connectivity index (χ4v) is 1.97. The Morgan fingerprint density at radius 2 is 2.29 bits per heavy atom. The van der Waals surface area contributed by atoms with Crippen molar-refractivity contribution in [3.05, 3.63) is 0 Å². The number of nitrogens with one attached hydrogen (secondary N) is 1. The molecule has 2 rings (SSSR count). The molecule has 1 saturated carbocycles. The first-order valence-electron chi connectivity index (χ1n) is 5.85. The lowest BCUT2D eigenvalue weighted by atomic mass is 10.2. The molecule has 1 aliphatic carbocycles. The second-order valence-corrected chi connectivity index (χ2v) is 4.69. The molecule has 0 aromatic rings. The molecule has 2 fully saturated rings. The van der Waals surface area contributed by atoms with E-state index in [2.05, 4.69) is 17.3 Å². The van der Waals surface area contributed by atoms with E-state index in [4.69, 9.17) is 4.74 Å². The fraction of sp³-hybridized carbons (Fsp3) is 1.00. The van der Waals surface area contributed by atoms with Crippen molar-refractivity contribution in [1.82, 2.24) is 10.2 Å². The van der Waals surface area contributed by atoms with Gasteiger partial charge in [-0.05, 0) is 25.9 Å². The first kappa shape index (κ1) is 10.4. The van der Waals surface area contributed by atoms with Gasteiger partial charge < -0.3 is 15.0 Å². The standard InChI is InChI=1S/C11H22N2O/c1-13-6-7-14-11(9-13)8-12-5-4-10-2-3-10/h10-12H,2-9H2,1H3. The minimum absolute atomic E-state index is 0.410. The zero-order valence-corrected chi connectivity index (χ0v) is 9.17. The van der Waals surface area contributed by atoms with Gasteiger partial charge in [0.25, 0.3) is 0 Å². The van der Waals surface area contributed by atoms with Crippen molar-refractivity contribution in [2.45, 2.75) is 25.4 Å². The van der Waals surface area contributed by atoms with Gasteiger partial charge in [-0.2, -0.15) is 0 Å². The lowest BCUT2D eigenvalue weighted by Crippen LogP contribution is -2.45. The maximum atomic E-state index is 5.67. The van der Waals surface area contributed by atoms with Crippen LogP contribution in [0.3, 0.4) is 0 Å². The lowest BCUT2D eigenvalue weighted by Gasteiger charge is -2.30. The number of nitrogens with zero attached hydrogens (tertiary/aromatic N) is 1. The summed E-state index contributed by atoms with van der Waals surface area (Å²) in [6.07, 6.45) is 4.70. The van der Waals surface area contributed by atoms with Gasteiger partial charge in [-0.1, -0.05) is 12.8 Å². The molecule has 0 bridgehead atoms. The summed E-state index contributed by atoms with van der Waals surface area (Å²) in [5.74, 6) is 1.04. The van der Waals surface area contributed by atoms with Crippen LogP contribution in [0.25, 0.3) is 0 Å². The van der Waals surface area contributed by atoms with Gasteiger partial charge in [-0.3, -0.25) is 0 Å². The van der Waals surface area contributed by atoms with Crippen LogP contribution >= 0.6 is 0 Å². The quantitative estimate of drug-likeness (QED) is 0.658. The van der Waals surface area contributed by atoms with Crippen LogP contribution in [-0.4, -0.2) is 50.8 Å². The van der Waals surface area contributed by atoms with Crippen LogP contribution < -0.4 is 5.32 Å². The monoisotopic (exact) mass is 198 g/mol. The first-order valence-corrected chi connectivity index (χ1v) is 5.85. The zero-order chi connectivity index (χ0) is 9.80. The zero-order valence-electron chi connectivity index (χ0n) is 9.17. The summed E-state index contributed by atoms with van der Waals surface area (Å²) in [4.78, 5) is 2.34. The smallest absolute Gasteiger partial charge is 0.0826 e. The van der Waals surface area contributed by atoms with E-state index >= 15 is 0 Å². The van der Waals surface area contributed by atoms with Crippen molar-refractivity contribution in [3.63, 3.8) is 0 Å². The van der Waals surface area contributed by atoms with Crippen LogP contribution in [0, 0.1) is 5.92 Å². The van der Waals surface area contributed by atoms with Crippen LogP contribution in [0.15, 0.2) is 0 Å². The van der Waals surface area contributed by atoms with Crippen molar-refractivity contribution in [2.75, 3.05) is 39.8 Å². The molecule has 0 radical (unpaired) electrons. The molecule has 1 heterocycles. The van der Waals surface area contributed by atoms with Gasteiger partial charge in [-0.15, -0.1) is 0 Å². The molecular formula is C11H22N2O. The molecule has 0 amide bonds. The van der Waals surface area contributed by atoms with Gasteiger partial charge in [0.2, 0.25) is 0 Å². The predicted octanol–water partition coefficient (Wildman–Crippen LogP) is 0.707. The van der Waals surface area contributed by atoms with Crippen LogP contribution in [0.4, 0.5) is 0 Å². The lowest BCUT2D eigenvalue weighted by molar-refractivity contribution is -0.0180. The molecular weight excluding hydrogens is 176 g/mol. The molecule has 3 heteroatoms. The number of likely N-dealkylation sites (N-methyl/N-ethyl adjacent to an activating group) is 1. The minimum Gasteiger partial charge on any atom is -0.374 e. The van der Waals surface area contributed by atoms with Crippen molar-refractivity contribution in [1.29, 1.82) is 0 Å². The van der Waals surface area contributed by atoms with E-state index in [1.54, 1.807) is 0 Å². The van der Waals surface area contributed by atoms with Gasteiger partial charge >= 0.3 is 0 Å². The Labute approximate surface area is 86.8 Å². The summed E-state index contributed by atoms with van der Waals surface area (Å²) in [5.41, 5.74) is 0. The minimum atomic E-state index is 0.410. The van der Waals surface area contributed by atoms with Crippen molar-refractivity contribution in [2.24, 2.45) is 5.92 Å². The molecule has 1 unspecified atom stereocenters. The van der Waals surface area contributed by atoms with E-state index in [-0.39, 0.29) is 0 Å². The molecule has 82 valence electrons. The van der Waals surface area contributed by atoms with E-state index < -0.39 is 0 Å². The number of rotatable bonds is 5. The van der Waals surface area contributed by atoms with Gasteiger partial charge in [0.05, 0.1) is 12.7 Å². The molecule has 1 aliphatic heterocycles. The van der Waals surface area contributed by atoms with Crippen LogP contribution in [0.1, 0.15) is 19.3 Å². The molecule has 0 aromatic carbocycles. The highest BCUT2D eigenvalue weighted by molar-refractivity contribution is 4.75. The molecule has 1 saturated heterocycles. The third kappa shape index (κ3) is 3.56. The largest absolute Gasteiger partial charge is 0.374 e. The SMILES string of the molecule is CN1CCOC(CNCCC2CC2)C1. The Balaban J connectivity index is 1.50. The summed E-state index contributed by atoms with van der Waals surface area (Å²) in [6, 6.07) is 0. The first-order chi connectivity index (χ1) is 6.84. The Kier molecular flexibility index (Phi) is 3.79. The normalized spacial score (nSPS) is 29.4. The topological polar surface area (TPSA) is 24.5 Å². The Bertz CT molecular complexity index is 171. The molecule has 0 spiro atoms. The van der Waals surface area contributed by atoms with E-state index in [0.717, 1.165) is 32.2 Å². The molecule has 1 N–H and O–H groups in total. The van der Waals surface area contributed by atoms with Crippen LogP contribution in [0.5, 0.6) is 0 Å². The molecule has 1 atom stereocenters. The van der Waals surface area contributed by atoms with Crippen LogP contribution in [-0.2, 0) is 4.74 Å². The number of hydrogen-bond acceptors (Lipinski definition) is 3. The highest BCUT2D eigenvalue weighted by Crippen LogP contribution is 2.31. The van der Waals surface area contributed by atoms with Gasteiger partial charge in [0.1, 0.15) is 0 Å². The highest BCUT2D eigenvalue weighted by atomic mass is 16.5. The average Bonchev–Trinajstić information content (AvgIpc) is 2.96. The molecule has 14 heavy (non-hydrogen) atoms. The predicted molar refractivity (Wildman–Crippen MR) is 57.4 cm³/mol. The maximum absolute atomic E-state index is 5.67. The maximum Gasteiger partial charge on any atom is 0.0826 e. The second-order valence-electron chi connectivity index (χ2n) is 4.69. The average molecular weight is 198 g/mol. The third-order valence-corrected chi connectivity index (χ3v) is 3.14. The third-order valence-electron chi connectivity index (χ3n) is 3.14. The van der Waals surface area contributed by atoms with Gasteiger partial charge in [0.15, 0.2) is 0 Å². The summed E-state index contributed by atoms with van der Waals surface area (Å²) in [7, 11) is 2.17. The molecule has 0 aromatic heterocycles. The number of hydrogen-bond donors (Lipinski definition) is 1. The summed E-state index contributed by atoms with van der Waals surface area (Å²) < 4.78 is 5.67. The van der Waals surface area contributed by atoms with Crippen molar-refractivity contribution >= 4 is 0 Å². The highest BCUT2D eigenvalue weighted by Gasteiger charge is 2.21. The number of ether oxygens (including phenoxy) is 1.